The Bertz CT molecular complexity index is 762. The second-order valence-corrected chi connectivity index (χ2v) is 7.32. The van der Waals surface area contributed by atoms with Gasteiger partial charge in [0.15, 0.2) is 0 Å². The van der Waals surface area contributed by atoms with Crippen molar-refractivity contribution >= 4 is 12.1 Å². The van der Waals surface area contributed by atoms with Crippen LogP contribution in [0.2, 0.25) is 0 Å². The maximum atomic E-state index is 10.8. The summed E-state index contributed by atoms with van der Waals surface area (Å²) >= 11 is 0. The molecule has 0 spiro atoms. The Hall–Kier alpha value is -2.82. The average molecular weight is 368 g/mol. The standard InChI is InChI=1S/C22H28N2O3/c1-17(25)24-23-16-18-7-5-8-21(15-18)27-14-6-13-26-20-11-9-19(10-12-20)22(2,3)4/h5,7-12,15-16H,6,13-14H2,1-4H3,(H,24,25). The van der Waals surface area contributed by atoms with Gasteiger partial charge in [-0.15, -0.1) is 0 Å². The van der Waals surface area contributed by atoms with E-state index in [-0.39, 0.29) is 11.3 Å². The SMILES string of the molecule is CC(=O)NN=Cc1cccc(OCCCOc2ccc(C(C)(C)C)cc2)c1. The van der Waals surface area contributed by atoms with Crippen LogP contribution in [0.1, 0.15) is 45.2 Å². The van der Waals surface area contributed by atoms with Gasteiger partial charge in [-0.25, -0.2) is 5.43 Å². The first-order chi connectivity index (χ1) is 12.8. The van der Waals surface area contributed by atoms with Crippen LogP contribution in [0.15, 0.2) is 53.6 Å². The fourth-order valence-corrected chi connectivity index (χ4v) is 2.37. The summed E-state index contributed by atoms with van der Waals surface area (Å²) in [5.41, 5.74) is 4.67. The lowest BCUT2D eigenvalue weighted by molar-refractivity contribution is -0.118. The largest absolute Gasteiger partial charge is 0.493 e. The quantitative estimate of drug-likeness (QED) is 0.429. The van der Waals surface area contributed by atoms with E-state index in [0.29, 0.717) is 13.2 Å². The van der Waals surface area contributed by atoms with E-state index in [1.165, 1.54) is 12.5 Å². The summed E-state index contributed by atoms with van der Waals surface area (Å²) in [6.45, 7) is 9.16. The van der Waals surface area contributed by atoms with Crippen LogP contribution in [-0.2, 0) is 10.2 Å². The van der Waals surface area contributed by atoms with Crippen LogP contribution in [-0.4, -0.2) is 25.3 Å². The highest BCUT2D eigenvalue weighted by molar-refractivity contribution is 5.82. The van der Waals surface area contributed by atoms with Gasteiger partial charge in [0.1, 0.15) is 11.5 Å². The van der Waals surface area contributed by atoms with Crippen LogP contribution in [0, 0.1) is 0 Å². The second-order valence-electron chi connectivity index (χ2n) is 7.32. The molecule has 0 unspecified atom stereocenters. The molecule has 1 amide bonds. The Morgan fingerprint density at radius 3 is 2.33 bits per heavy atom. The molecule has 5 heteroatoms. The summed E-state index contributed by atoms with van der Waals surface area (Å²) < 4.78 is 11.5. The first kappa shape index (κ1) is 20.5. The van der Waals surface area contributed by atoms with Gasteiger partial charge in [0.2, 0.25) is 5.91 Å². The van der Waals surface area contributed by atoms with Crippen LogP contribution in [0.5, 0.6) is 11.5 Å². The molecule has 0 atom stereocenters. The molecule has 0 saturated carbocycles. The molecule has 0 aromatic heterocycles. The lowest BCUT2D eigenvalue weighted by Crippen LogP contribution is -2.12. The van der Waals surface area contributed by atoms with Crippen LogP contribution in [0.4, 0.5) is 0 Å². The van der Waals surface area contributed by atoms with E-state index in [0.717, 1.165) is 23.5 Å². The number of carbonyl (C=O) groups is 1. The van der Waals surface area contributed by atoms with Gasteiger partial charge in [-0.2, -0.15) is 5.10 Å². The lowest BCUT2D eigenvalue weighted by Gasteiger charge is -2.19. The van der Waals surface area contributed by atoms with E-state index in [9.17, 15) is 4.79 Å². The zero-order chi connectivity index (χ0) is 19.7. The summed E-state index contributed by atoms with van der Waals surface area (Å²) in [6, 6.07) is 15.8. The molecule has 144 valence electrons. The van der Waals surface area contributed by atoms with E-state index in [2.05, 4.69) is 43.4 Å². The van der Waals surface area contributed by atoms with Crippen molar-refractivity contribution in [1.82, 2.24) is 5.43 Å². The molecule has 1 N–H and O–H groups in total. The van der Waals surface area contributed by atoms with Crippen molar-refractivity contribution < 1.29 is 14.3 Å². The van der Waals surface area contributed by atoms with Crippen molar-refractivity contribution in [1.29, 1.82) is 0 Å². The number of nitrogens with zero attached hydrogens (tertiary/aromatic N) is 1. The Balaban J connectivity index is 1.72. The minimum Gasteiger partial charge on any atom is -0.493 e. The Morgan fingerprint density at radius 2 is 1.70 bits per heavy atom. The number of rotatable bonds is 8. The van der Waals surface area contributed by atoms with Crippen LogP contribution in [0.25, 0.3) is 0 Å². The summed E-state index contributed by atoms with van der Waals surface area (Å²) in [5.74, 6) is 1.43. The predicted octanol–water partition coefficient (Wildman–Crippen LogP) is 4.30. The highest BCUT2D eigenvalue weighted by Crippen LogP contribution is 2.24. The molecule has 0 aliphatic heterocycles. The van der Waals surface area contributed by atoms with Gasteiger partial charge < -0.3 is 9.47 Å². The van der Waals surface area contributed by atoms with Gasteiger partial charge in [-0.05, 0) is 40.8 Å². The van der Waals surface area contributed by atoms with Crippen molar-refractivity contribution in [2.45, 2.75) is 39.5 Å². The molecular weight excluding hydrogens is 340 g/mol. The van der Waals surface area contributed by atoms with Crippen molar-refractivity contribution in [2.24, 2.45) is 5.10 Å². The van der Waals surface area contributed by atoms with Crippen LogP contribution < -0.4 is 14.9 Å². The fraction of sp³-hybridized carbons (Fsp3) is 0.364. The average Bonchev–Trinajstić information content (AvgIpc) is 2.61. The minimum absolute atomic E-state index is 0.147. The second kappa shape index (κ2) is 9.76. The topological polar surface area (TPSA) is 59.9 Å². The summed E-state index contributed by atoms with van der Waals surface area (Å²) in [7, 11) is 0. The molecule has 5 nitrogen and oxygen atoms in total. The normalized spacial score (nSPS) is 11.4. The molecular formula is C22H28N2O3. The van der Waals surface area contributed by atoms with Crippen LogP contribution in [0.3, 0.4) is 0 Å². The molecule has 0 aliphatic rings. The van der Waals surface area contributed by atoms with Gasteiger partial charge >= 0.3 is 0 Å². The van der Waals surface area contributed by atoms with Gasteiger partial charge in [0.25, 0.3) is 0 Å². The smallest absolute Gasteiger partial charge is 0.236 e. The Labute approximate surface area is 161 Å². The van der Waals surface area contributed by atoms with E-state index >= 15 is 0 Å². The maximum absolute atomic E-state index is 10.8. The molecule has 2 rings (SSSR count). The lowest BCUT2D eigenvalue weighted by atomic mass is 9.87. The molecule has 0 fully saturated rings. The predicted molar refractivity (Wildman–Crippen MR) is 109 cm³/mol. The van der Waals surface area contributed by atoms with E-state index in [4.69, 9.17) is 9.47 Å². The molecule has 2 aromatic rings. The molecule has 0 saturated heterocycles. The third-order valence-electron chi connectivity index (χ3n) is 3.84. The molecule has 0 aliphatic carbocycles. The summed E-state index contributed by atoms with van der Waals surface area (Å²) in [6.07, 6.45) is 2.36. The number of ether oxygens (including phenoxy) is 2. The van der Waals surface area contributed by atoms with Gasteiger partial charge in [-0.1, -0.05) is 45.0 Å². The van der Waals surface area contributed by atoms with Crippen molar-refractivity contribution in [3.8, 4) is 11.5 Å². The Kier molecular flexibility index (Phi) is 7.41. The summed E-state index contributed by atoms with van der Waals surface area (Å²) in [4.78, 5) is 10.8. The van der Waals surface area contributed by atoms with Crippen molar-refractivity contribution in [3.05, 3.63) is 59.7 Å². The highest BCUT2D eigenvalue weighted by atomic mass is 16.5. The maximum Gasteiger partial charge on any atom is 0.236 e. The highest BCUT2D eigenvalue weighted by Gasteiger charge is 2.12. The minimum atomic E-state index is -0.202. The third-order valence-corrected chi connectivity index (χ3v) is 3.84. The number of benzene rings is 2. The van der Waals surface area contributed by atoms with E-state index in [1.807, 2.05) is 36.4 Å². The van der Waals surface area contributed by atoms with E-state index < -0.39 is 0 Å². The molecule has 2 aromatic carbocycles. The number of nitrogens with one attached hydrogen (secondary N) is 1. The zero-order valence-corrected chi connectivity index (χ0v) is 16.5. The number of carbonyl (C=O) groups excluding carboxylic acids is 1. The number of hydrogen-bond acceptors (Lipinski definition) is 4. The number of amides is 1. The third kappa shape index (κ3) is 7.52. The van der Waals surface area contributed by atoms with Crippen LogP contribution >= 0.6 is 0 Å². The molecule has 0 bridgehead atoms. The Morgan fingerprint density at radius 1 is 1.04 bits per heavy atom. The van der Waals surface area contributed by atoms with Crippen molar-refractivity contribution in [3.63, 3.8) is 0 Å². The van der Waals surface area contributed by atoms with Gasteiger partial charge in [-0.3, -0.25) is 4.79 Å². The first-order valence-electron chi connectivity index (χ1n) is 9.10. The van der Waals surface area contributed by atoms with Crippen molar-refractivity contribution in [2.75, 3.05) is 13.2 Å². The fourth-order valence-electron chi connectivity index (χ4n) is 2.37. The number of hydrogen-bond donors (Lipinski definition) is 1. The molecule has 0 radical (unpaired) electrons. The van der Waals surface area contributed by atoms with E-state index in [1.54, 1.807) is 6.21 Å². The zero-order valence-electron chi connectivity index (χ0n) is 16.5. The summed E-state index contributed by atoms with van der Waals surface area (Å²) in [5, 5.41) is 3.85. The van der Waals surface area contributed by atoms with Gasteiger partial charge in [0.05, 0.1) is 19.4 Å². The first-order valence-corrected chi connectivity index (χ1v) is 9.10. The molecule has 27 heavy (non-hydrogen) atoms. The monoisotopic (exact) mass is 368 g/mol. The van der Waals surface area contributed by atoms with Gasteiger partial charge in [0, 0.05) is 13.3 Å². The number of hydrazone groups is 1. The molecule has 0 heterocycles.